The molecule has 0 unspecified atom stereocenters. The van der Waals surface area contributed by atoms with E-state index < -0.39 is 9.28 Å². The van der Waals surface area contributed by atoms with Gasteiger partial charge in [-0.15, -0.1) is 0 Å². The second-order valence-corrected chi connectivity index (χ2v) is 6.61. The lowest BCUT2D eigenvalue weighted by molar-refractivity contribution is 0.150. The van der Waals surface area contributed by atoms with Crippen LogP contribution < -0.4 is 11.5 Å². The van der Waals surface area contributed by atoms with Gasteiger partial charge >= 0.3 is 9.28 Å². The maximum Gasteiger partial charge on any atom is 0.381 e. The Kier molecular flexibility index (Phi) is 5.25. The Labute approximate surface area is 88.8 Å². The van der Waals surface area contributed by atoms with E-state index >= 15 is 0 Å². The van der Waals surface area contributed by atoms with Gasteiger partial charge in [0.25, 0.3) is 0 Å². The highest BCUT2D eigenvalue weighted by molar-refractivity contribution is 6.42. The first-order valence-corrected chi connectivity index (χ1v) is 6.59. The summed E-state index contributed by atoms with van der Waals surface area (Å²) < 4.78 is 11.0. The van der Waals surface area contributed by atoms with Crippen LogP contribution in [0.5, 0.6) is 0 Å². The molecule has 0 spiro atoms. The molecule has 4 nitrogen and oxygen atoms in total. The van der Waals surface area contributed by atoms with Gasteiger partial charge in [-0.05, 0) is 34.2 Å². The molecule has 0 amide bonds. The van der Waals surface area contributed by atoms with Crippen LogP contribution in [0.15, 0.2) is 0 Å². The monoisotopic (exact) mass is 219 g/mol. The van der Waals surface area contributed by atoms with Gasteiger partial charge in [0.05, 0.1) is 13.2 Å². The molecule has 85 valence electrons. The van der Waals surface area contributed by atoms with E-state index in [1.54, 1.807) is 0 Å². The van der Waals surface area contributed by atoms with Crippen LogP contribution in [0.1, 0.15) is 27.7 Å². The first-order chi connectivity index (χ1) is 6.10. The molecule has 0 heterocycles. The van der Waals surface area contributed by atoms with Gasteiger partial charge in [0.2, 0.25) is 0 Å². The Morgan fingerprint density at radius 2 is 1.21 bits per heavy atom. The fourth-order valence-corrected chi connectivity index (χ4v) is 1.85. The highest BCUT2D eigenvalue weighted by atomic mass is 28.3. The van der Waals surface area contributed by atoms with Crippen molar-refractivity contribution in [2.24, 2.45) is 11.5 Å². The predicted molar refractivity (Wildman–Crippen MR) is 60.1 cm³/mol. The second kappa shape index (κ2) is 5.23. The van der Waals surface area contributed by atoms with Crippen molar-refractivity contribution in [1.29, 1.82) is 0 Å². The summed E-state index contributed by atoms with van der Waals surface area (Å²) >= 11 is 0. The Morgan fingerprint density at radius 1 is 0.929 bits per heavy atom. The van der Waals surface area contributed by atoms with Crippen LogP contribution in [0.2, 0.25) is 6.55 Å². The van der Waals surface area contributed by atoms with E-state index in [9.17, 15) is 0 Å². The summed E-state index contributed by atoms with van der Waals surface area (Å²) in [5.41, 5.74) is 11.0. The summed E-state index contributed by atoms with van der Waals surface area (Å²) in [5, 5.41) is 0. The van der Waals surface area contributed by atoms with E-state index in [1.807, 2.05) is 34.2 Å². The molecular weight excluding hydrogens is 196 g/mol. The predicted octanol–water partition coefficient (Wildman–Crippen LogP) is 0.612. The maximum absolute atomic E-state index is 5.78. The number of hydrogen-bond donors (Lipinski definition) is 2. The van der Waals surface area contributed by atoms with Crippen molar-refractivity contribution in [3.63, 3.8) is 0 Å². The minimum atomic E-state index is -1.22. The highest BCUT2D eigenvalue weighted by Gasteiger charge is 2.18. The van der Waals surface area contributed by atoms with E-state index in [0.717, 1.165) is 0 Å². The van der Waals surface area contributed by atoms with Crippen LogP contribution in [0.4, 0.5) is 0 Å². The topological polar surface area (TPSA) is 70.5 Å². The largest absolute Gasteiger partial charge is 0.392 e. The van der Waals surface area contributed by atoms with Crippen LogP contribution in [0, 0.1) is 0 Å². The molecule has 0 rings (SSSR count). The highest BCUT2D eigenvalue weighted by Crippen LogP contribution is 2.02. The molecule has 4 N–H and O–H groups in total. The summed E-state index contributed by atoms with van der Waals surface area (Å²) in [4.78, 5) is 0. The van der Waals surface area contributed by atoms with Crippen LogP contribution in [-0.4, -0.2) is 33.6 Å². The zero-order valence-corrected chi connectivity index (χ0v) is 10.9. The van der Waals surface area contributed by atoms with E-state index in [1.165, 1.54) is 0 Å². The fourth-order valence-electron chi connectivity index (χ4n) is 0.617. The normalized spacial score (nSPS) is 13.7. The first-order valence-electron chi connectivity index (χ1n) is 4.77. The first kappa shape index (κ1) is 14.1. The lowest BCUT2D eigenvalue weighted by Crippen LogP contribution is -2.43. The number of nitrogens with two attached hydrogens (primary N) is 2. The van der Waals surface area contributed by atoms with Gasteiger partial charge in [-0.3, -0.25) is 0 Å². The van der Waals surface area contributed by atoms with Crippen LogP contribution in [0.25, 0.3) is 0 Å². The van der Waals surface area contributed by atoms with Crippen molar-refractivity contribution in [1.82, 2.24) is 0 Å². The molecule has 0 saturated heterocycles. The molecule has 0 bridgehead atoms. The zero-order chi connectivity index (χ0) is 11.4. The summed E-state index contributed by atoms with van der Waals surface area (Å²) in [5.74, 6) is 0. The van der Waals surface area contributed by atoms with Crippen molar-refractivity contribution < 1.29 is 8.85 Å². The Morgan fingerprint density at radius 3 is 1.43 bits per heavy atom. The summed E-state index contributed by atoms with van der Waals surface area (Å²) in [7, 11) is -1.22. The molecule has 0 saturated carbocycles. The van der Waals surface area contributed by atoms with Gasteiger partial charge in [0, 0.05) is 11.1 Å². The molecule has 0 fully saturated rings. The summed E-state index contributed by atoms with van der Waals surface area (Å²) in [6.45, 7) is 10.7. The minimum Gasteiger partial charge on any atom is -0.392 e. The van der Waals surface area contributed by atoms with Crippen LogP contribution in [-0.2, 0) is 8.85 Å². The van der Waals surface area contributed by atoms with Gasteiger partial charge < -0.3 is 20.3 Å². The van der Waals surface area contributed by atoms with Gasteiger partial charge in [-0.1, -0.05) is 0 Å². The number of rotatable bonds is 6. The lowest BCUT2D eigenvalue weighted by Gasteiger charge is -2.23. The van der Waals surface area contributed by atoms with Crippen LogP contribution >= 0.6 is 0 Å². The van der Waals surface area contributed by atoms with Crippen molar-refractivity contribution in [2.75, 3.05) is 13.2 Å². The van der Waals surface area contributed by atoms with Crippen molar-refractivity contribution >= 4 is 9.28 Å². The molecule has 0 aromatic rings. The standard InChI is InChI=1S/C9H23N2O2Si/c1-8(2,10)6-12-14(5)13-7-9(3,4)11/h6-7,10-11H2,1-5H3. The molecule has 14 heavy (non-hydrogen) atoms. The molecular formula is C9H23N2O2Si. The molecule has 0 aliphatic rings. The van der Waals surface area contributed by atoms with Crippen molar-refractivity contribution in [3.05, 3.63) is 0 Å². The summed E-state index contributed by atoms with van der Waals surface area (Å²) in [6.07, 6.45) is 0. The average Bonchev–Trinajstić information content (AvgIpc) is 1.94. The van der Waals surface area contributed by atoms with Crippen LogP contribution in [0.3, 0.4) is 0 Å². The van der Waals surface area contributed by atoms with E-state index in [2.05, 4.69) is 0 Å². The molecule has 0 aromatic heterocycles. The third-order valence-corrected chi connectivity index (χ3v) is 2.40. The summed E-state index contributed by atoms with van der Waals surface area (Å²) in [6, 6.07) is 0. The van der Waals surface area contributed by atoms with Crippen molar-refractivity contribution in [2.45, 2.75) is 45.3 Å². The van der Waals surface area contributed by atoms with E-state index in [0.29, 0.717) is 13.2 Å². The second-order valence-electron chi connectivity index (χ2n) is 5.05. The molecule has 0 atom stereocenters. The van der Waals surface area contributed by atoms with Gasteiger partial charge in [0.15, 0.2) is 0 Å². The maximum atomic E-state index is 5.78. The third kappa shape index (κ3) is 10.1. The SMILES string of the molecule is C[Si](OCC(C)(C)N)OCC(C)(C)N. The molecule has 0 aliphatic carbocycles. The van der Waals surface area contributed by atoms with Crippen molar-refractivity contribution in [3.8, 4) is 0 Å². The third-order valence-electron chi connectivity index (χ3n) is 1.29. The van der Waals surface area contributed by atoms with E-state index in [-0.39, 0.29) is 11.1 Å². The fraction of sp³-hybridized carbons (Fsp3) is 1.00. The Hall–Kier alpha value is 0.0569. The molecule has 1 radical (unpaired) electrons. The average molecular weight is 219 g/mol. The Balaban J connectivity index is 3.62. The Bertz CT molecular complexity index is 145. The van der Waals surface area contributed by atoms with E-state index in [4.69, 9.17) is 20.3 Å². The number of hydrogen-bond acceptors (Lipinski definition) is 4. The van der Waals surface area contributed by atoms with Gasteiger partial charge in [-0.25, -0.2) is 0 Å². The lowest BCUT2D eigenvalue weighted by atomic mass is 10.1. The zero-order valence-electron chi connectivity index (χ0n) is 9.89. The minimum absolute atomic E-state index is 0.298. The van der Waals surface area contributed by atoms with Gasteiger partial charge in [0.1, 0.15) is 0 Å². The smallest absolute Gasteiger partial charge is 0.381 e. The molecule has 0 aliphatic heterocycles. The van der Waals surface area contributed by atoms with Gasteiger partial charge in [-0.2, -0.15) is 0 Å². The molecule has 0 aromatic carbocycles. The molecule has 5 heteroatoms. The quantitative estimate of drug-likeness (QED) is 0.642.